The van der Waals surface area contributed by atoms with E-state index in [0.717, 1.165) is 35.2 Å². The molecule has 1 aromatic carbocycles. The number of nitrogens with one attached hydrogen (secondary N) is 1. The Labute approximate surface area is 185 Å². The second kappa shape index (κ2) is 8.70. The first-order chi connectivity index (χ1) is 14.9. The van der Waals surface area contributed by atoms with Gasteiger partial charge in [0.25, 0.3) is 5.56 Å². The minimum absolute atomic E-state index is 0.0839. The highest BCUT2D eigenvalue weighted by Crippen LogP contribution is 2.35. The highest BCUT2D eigenvalue weighted by molar-refractivity contribution is 7.18. The molecule has 3 aromatic rings. The molecule has 8 heteroatoms. The molecule has 2 aromatic heterocycles. The van der Waals surface area contributed by atoms with Gasteiger partial charge < -0.3 is 14.8 Å². The number of hydrogen-bond donors (Lipinski definition) is 1. The number of benzene rings is 1. The van der Waals surface area contributed by atoms with E-state index in [1.807, 2.05) is 13.0 Å². The molecule has 0 saturated carbocycles. The third-order valence-corrected chi connectivity index (χ3v) is 7.04. The summed E-state index contributed by atoms with van der Waals surface area (Å²) in [7, 11) is 3.18. The van der Waals surface area contributed by atoms with E-state index in [0.29, 0.717) is 22.8 Å². The number of aryl methyl sites for hydroxylation is 1. The van der Waals surface area contributed by atoms with Crippen LogP contribution in [0.4, 0.5) is 0 Å². The molecule has 1 amide bonds. The monoisotopic (exact) mass is 441 g/mol. The Balaban J connectivity index is 1.55. The van der Waals surface area contributed by atoms with Crippen LogP contribution in [0.5, 0.6) is 11.5 Å². The lowest BCUT2D eigenvalue weighted by atomic mass is 9.89. The molecule has 1 aliphatic rings. The Bertz CT molecular complexity index is 1180. The molecule has 7 nitrogen and oxygen atoms in total. The lowest BCUT2D eigenvalue weighted by Gasteiger charge is -2.19. The number of ether oxygens (including phenoxy) is 2. The number of aromatic nitrogens is 2. The van der Waals surface area contributed by atoms with E-state index in [1.54, 1.807) is 37.7 Å². The van der Waals surface area contributed by atoms with Gasteiger partial charge in [-0.25, -0.2) is 4.98 Å². The molecule has 0 spiro atoms. The van der Waals surface area contributed by atoms with Gasteiger partial charge in [-0.05, 0) is 55.9 Å². The van der Waals surface area contributed by atoms with Crippen LogP contribution in [-0.2, 0) is 24.2 Å². The van der Waals surface area contributed by atoms with Crippen molar-refractivity contribution in [1.29, 1.82) is 0 Å². The Morgan fingerprint density at radius 2 is 2.16 bits per heavy atom. The third kappa shape index (κ3) is 4.17. The number of thiophene rings is 1. The summed E-state index contributed by atoms with van der Waals surface area (Å²) in [6.45, 7) is 4.02. The Morgan fingerprint density at radius 3 is 2.90 bits per heavy atom. The van der Waals surface area contributed by atoms with Gasteiger partial charge >= 0.3 is 0 Å². The van der Waals surface area contributed by atoms with Crippen molar-refractivity contribution < 1.29 is 14.3 Å². The second-order valence-electron chi connectivity index (χ2n) is 8.11. The van der Waals surface area contributed by atoms with E-state index in [9.17, 15) is 9.59 Å². The van der Waals surface area contributed by atoms with Gasteiger partial charge in [-0.1, -0.05) is 6.92 Å². The third-order valence-electron chi connectivity index (χ3n) is 5.88. The predicted molar refractivity (Wildman–Crippen MR) is 121 cm³/mol. The molecule has 1 aliphatic carbocycles. The molecule has 0 bridgehead atoms. The van der Waals surface area contributed by atoms with Gasteiger partial charge in [0.05, 0.1) is 32.0 Å². The van der Waals surface area contributed by atoms with Crippen LogP contribution in [0.2, 0.25) is 0 Å². The minimum Gasteiger partial charge on any atom is -0.497 e. The highest BCUT2D eigenvalue weighted by atomic mass is 32.1. The van der Waals surface area contributed by atoms with Gasteiger partial charge in [0, 0.05) is 10.4 Å². The largest absolute Gasteiger partial charge is 0.497 e. The van der Waals surface area contributed by atoms with Crippen molar-refractivity contribution in [2.45, 2.75) is 45.7 Å². The van der Waals surface area contributed by atoms with Gasteiger partial charge in [-0.2, -0.15) is 0 Å². The summed E-state index contributed by atoms with van der Waals surface area (Å²) in [4.78, 5) is 32.4. The molecular weight excluding hydrogens is 414 g/mol. The van der Waals surface area contributed by atoms with Crippen molar-refractivity contribution in [3.05, 3.63) is 50.9 Å². The van der Waals surface area contributed by atoms with E-state index >= 15 is 0 Å². The fraction of sp³-hybridized carbons (Fsp3) is 0.435. The number of fused-ring (bicyclic) bond motifs is 3. The zero-order valence-electron chi connectivity index (χ0n) is 18.2. The predicted octanol–water partition coefficient (Wildman–Crippen LogP) is 3.48. The van der Waals surface area contributed by atoms with Crippen LogP contribution in [-0.4, -0.2) is 29.7 Å². The van der Waals surface area contributed by atoms with E-state index in [-0.39, 0.29) is 24.1 Å². The molecular formula is C23H27N3O4S. The zero-order valence-corrected chi connectivity index (χ0v) is 19.0. The number of hydrogen-bond acceptors (Lipinski definition) is 6. The molecule has 31 heavy (non-hydrogen) atoms. The van der Waals surface area contributed by atoms with Crippen molar-refractivity contribution in [3.63, 3.8) is 0 Å². The molecule has 2 atom stereocenters. The van der Waals surface area contributed by atoms with Gasteiger partial charge in [0.1, 0.15) is 22.9 Å². The number of methoxy groups -OCH3 is 2. The van der Waals surface area contributed by atoms with E-state index in [2.05, 4.69) is 17.2 Å². The van der Waals surface area contributed by atoms with Crippen LogP contribution >= 0.6 is 11.3 Å². The van der Waals surface area contributed by atoms with E-state index < -0.39 is 0 Å². The van der Waals surface area contributed by atoms with Gasteiger partial charge in [-0.15, -0.1) is 11.3 Å². The van der Waals surface area contributed by atoms with Gasteiger partial charge in [0.15, 0.2) is 0 Å². The van der Waals surface area contributed by atoms with Crippen LogP contribution in [0.15, 0.2) is 29.3 Å². The van der Waals surface area contributed by atoms with Gasteiger partial charge in [-0.3, -0.25) is 14.2 Å². The lowest BCUT2D eigenvalue weighted by Crippen LogP contribution is -2.34. The SMILES string of the molecule is COc1ccc(OC)c(C(C)NC(=O)Cn2cnc3sc4c(c3c2=O)CCC(C)C4)c1. The maximum absolute atomic E-state index is 13.1. The van der Waals surface area contributed by atoms with E-state index in [4.69, 9.17) is 9.47 Å². The maximum Gasteiger partial charge on any atom is 0.262 e. The summed E-state index contributed by atoms with van der Waals surface area (Å²) in [6, 6.07) is 5.13. The van der Waals surface area contributed by atoms with E-state index in [1.165, 1.54) is 15.8 Å². The summed E-state index contributed by atoms with van der Waals surface area (Å²) in [6.07, 6.45) is 4.45. The minimum atomic E-state index is -0.319. The Kier molecular flexibility index (Phi) is 6.00. The standard InChI is InChI=1S/C23H27N3O4S/c1-13-5-7-16-19(9-13)31-22-21(16)23(28)26(12-24-22)11-20(27)25-14(2)17-10-15(29-3)6-8-18(17)30-4/h6,8,10,12-14H,5,7,9,11H2,1-4H3,(H,25,27). The van der Waals surface area contributed by atoms with Crippen LogP contribution in [0.1, 0.15) is 42.3 Å². The first-order valence-electron chi connectivity index (χ1n) is 10.4. The maximum atomic E-state index is 13.1. The zero-order chi connectivity index (χ0) is 22.1. The molecule has 0 aliphatic heterocycles. The fourth-order valence-electron chi connectivity index (χ4n) is 4.18. The summed E-state index contributed by atoms with van der Waals surface area (Å²) < 4.78 is 12.1. The summed E-state index contributed by atoms with van der Waals surface area (Å²) >= 11 is 1.61. The summed E-state index contributed by atoms with van der Waals surface area (Å²) in [5.74, 6) is 1.70. The van der Waals surface area contributed by atoms with Gasteiger partial charge in [0.2, 0.25) is 5.91 Å². The van der Waals surface area contributed by atoms with Crippen LogP contribution in [0.25, 0.3) is 10.2 Å². The molecule has 1 N–H and O–H groups in total. The average Bonchev–Trinajstić information content (AvgIpc) is 3.13. The topological polar surface area (TPSA) is 82.4 Å². The molecule has 4 rings (SSSR count). The smallest absolute Gasteiger partial charge is 0.262 e. The first-order valence-corrected chi connectivity index (χ1v) is 11.2. The molecule has 0 fully saturated rings. The van der Waals surface area contributed by atoms with Crippen molar-refractivity contribution in [3.8, 4) is 11.5 Å². The summed E-state index contributed by atoms with van der Waals surface area (Å²) in [5, 5.41) is 3.63. The first kappa shape index (κ1) is 21.4. The number of carbonyl (C=O) groups excluding carboxylic acids is 1. The molecule has 0 radical (unpaired) electrons. The normalized spacial score (nSPS) is 16.6. The van der Waals surface area contributed by atoms with Crippen molar-refractivity contribution in [2.75, 3.05) is 14.2 Å². The number of carbonyl (C=O) groups is 1. The lowest BCUT2D eigenvalue weighted by molar-refractivity contribution is -0.122. The average molecular weight is 442 g/mol. The van der Waals surface area contributed by atoms with Crippen LogP contribution < -0.4 is 20.3 Å². The molecule has 164 valence electrons. The number of amides is 1. The number of rotatable bonds is 6. The number of nitrogens with zero attached hydrogens (tertiary/aromatic N) is 2. The van der Waals surface area contributed by atoms with Crippen LogP contribution in [0.3, 0.4) is 0 Å². The molecule has 2 unspecified atom stereocenters. The van der Waals surface area contributed by atoms with Crippen molar-refractivity contribution in [1.82, 2.24) is 14.9 Å². The second-order valence-corrected chi connectivity index (χ2v) is 9.19. The molecule has 0 saturated heterocycles. The molecule has 2 heterocycles. The van der Waals surface area contributed by atoms with Crippen molar-refractivity contribution >= 4 is 27.5 Å². The van der Waals surface area contributed by atoms with Crippen LogP contribution in [0, 0.1) is 5.92 Å². The fourth-order valence-corrected chi connectivity index (χ4v) is 5.52. The Morgan fingerprint density at radius 1 is 1.35 bits per heavy atom. The summed E-state index contributed by atoms with van der Waals surface area (Å²) in [5.41, 5.74) is 1.79. The Hall–Kier alpha value is -2.87. The van der Waals surface area contributed by atoms with Crippen molar-refractivity contribution in [2.24, 2.45) is 5.92 Å². The quantitative estimate of drug-likeness (QED) is 0.633. The highest BCUT2D eigenvalue weighted by Gasteiger charge is 2.24.